The molecule has 0 saturated carbocycles. The van der Waals surface area contributed by atoms with Crippen molar-refractivity contribution >= 4 is 35.0 Å². The fourth-order valence-electron chi connectivity index (χ4n) is 1.24. The van der Waals surface area contributed by atoms with Crippen LogP contribution in [0.15, 0.2) is 29.4 Å². The fraction of sp³-hybridized carbons (Fsp3) is 0.182. The van der Waals surface area contributed by atoms with Gasteiger partial charge in [-0.2, -0.15) is 0 Å². The minimum Gasteiger partial charge on any atom is -0.248 e. The number of halogens is 2. The summed E-state index contributed by atoms with van der Waals surface area (Å²) < 4.78 is 0. The largest absolute Gasteiger partial charge is 0.248 e. The molecule has 0 N–H and O–H groups in total. The first-order valence-electron chi connectivity index (χ1n) is 4.88. The molecule has 2 aromatic rings. The molecule has 2 rings (SSSR count). The van der Waals surface area contributed by atoms with Crippen LogP contribution in [0, 0.1) is 6.92 Å². The van der Waals surface area contributed by atoms with Crippen molar-refractivity contribution in [3.8, 4) is 0 Å². The van der Waals surface area contributed by atoms with Crippen molar-refractivity contribution in [2.75, 3.05) is 0 Å². The van der Waals surface area contributed by atoms with Crippen LogP contribution >= 0.6 is 35.0 Å². The Bertz CT molecular complexity index is 496. The van der Waals surface area contributed by atoms with Crippen LogP contribution in [-0.4, -0.2) is 15.0 Å². The van der Waals surface area contributed by atoms with Gasteiger partial charge in [0, 0.05) is 11.9 Å². The lowest BCUT2D eigenvalue weighted by molar-refractivity contribution is 0.992. The highest BCUT2D eigenvalue weighted by atomic mass is 35.5. The van der Waals surface area contributed by atoms with Gasteiger partial charge < -0.3 is 0 Å². The molecule has 6 heteroatoms. The molecule has 0 aliphatic carbocycles. The number of nitrogens with zero attached hydrogens (tertiary/aromatic N) is 3. The number of rotatable bonds is 3. The summed E-state index contributed by atoms with van der Waals surface area (Å²) in [6.07, 6.45) is 1.62. The Morgan fingerprint density at radius 1 is 1.24 bits per heavy atom. The molecule has 0 bridgehead atoms. The van der Waals surface area contributed by atoms with Crippen LogP contribution < -0.4 is 0 Å². The first-order chi connectivity index (χ1) is 8.13. The Labute approximate surface area is 114 Å². The van der Waals surface area contributed by atoms with E-state index in [0.717, 1.165) is 10.7 Å². The highest BCUT2D eigenvalue weighted by Gasteiger charge is 2.03. The smallest absolute Gasteiger partial charge is 0.140 e. The molecule has 0 spiro atoms. The monoisotopic (exact) mass is 285 g/mol. The van der Waals surface area contributed by atoms with E-state index in [-0.39, 0.29) is 0 Å². The fourth-order valence-corrected chi connectivity index (χ4v) is 2.30. The summed E-state index contributed by atoms with van der Waals surface area (Å²) in [6.45, 7) is 1.89. The third-order valence-corrected chi connectivity index (χ3v) is 3.28. The second-order valence-electron chi connectivity index (χ2n) is 3.35. The molecule has 0 aromatic carbocycles. The standard InChI is InChI=1S/C11H9Cl2N3S/c1-7-4-9(13)16-10(15-7)6-17-11-3-2-8(12)5-14-11/h2-5H,6H2,1H3. The Morgan fingerprint density at radius 2 is 2.06 bits per heavy atom. The van der Waals surface area contributed by atoms with Crippen molar-refractivity contribution < 1.29 is 0 Å². The first-order valence-corrected chi connectivity index (χ1v) is 6.62. The number of thioether (sulfide) groups is 1. The molecule has 0 unspecified atom stereocenters. The highest BCUT2D eigenvalue weighted by molar-refractivity contribution is 7.98. The second kappa shape index (κ2) is 5.67. The molecule has 2 aromatic heterocycles. The van der Waals surface area contributed by atoms with Gasteiger partial charge in [-0.3, -0.25) is 0 Å². The van der Waals surface area contributed by atoms with Crippen molar-refractivity contribution in [2.24, 2.45) is 0 Å². The van der Waals surface area contributed by atoms with Crippen molar-refractivity contribution in [1.82, 2.24) is 15.0 Å². The van der Waals surface area contributed by atoms with Gasteiger partial charge in [0.15, 0.2) is 0 Å². The number of pyridine rings is 1. The quantitative estimate of drug-likeness (QED) is 0.636. The van der Waals surface area contributed by atoms with E-state index < -0.39 is 0 Å². The van der Waals surface area contributed by atoms with Crippen molar-refractivity contribution in [3.63, 3.8) is 0 Å². The second-order valence-corrected chi connectivity index (χ2v) is 5.17. The number of hydrogen-bond acceptors (Lipinski definition) is 4. The van der Waals surface area contributed by atoms with Crippen LogP contribution in [-0.2, 0) is 5.75 Å². The summed E-state index contributed by atoms with van der Waals surface area (Å²) >= 11 is 13.2. The van der Waals surface area contributed by atoms with Crippen LogP contribution in [0.1, 0.15) is 11.5 Å². The van der Waals surface area contributed by atoms with Crippen molar-refractivity contribution in [3.05, 3.63) is 46.1 Å². The van der Waals surface area contributed by atoms with E-state index in [0.29, 0.717) is 21.8 Å². The lowest BCUT2D eigenvalue weighted by atomic mass is 10.4. The number of aryl methyl sites for hydroxylation is 1. The molecule has 0 amide bonds. The third kappa shape index (κ3) is 3.84. The van der Waals surface area contributed by atoms with Crippen LogP contribution in [0.5, 0.6) is 0 Å². The van der Waals surface area contributed by atoms with E-state index in [4.69, 9.17) is 23.2 Å². The average molecular weight is 286 g/mol. The van der Waals surface area contributed by atoms with Crippen molar-refractivity contribution in [1.29, 1.82) is 0 Å². The molecular weight excluding hydrogens is 277 g/mol. The topological polar surface area (TPSA) is 38.7 Å². The normalized spacial score (nSPS) is 10.5. The van der Waals surface area contributed by atoms with E-state index in [9.17, 15) is 0 Å². The molecule has 88 valence electrons. The van der Waals surface area contributed by atoms with Crippen LogP contribution in [0.4, 0.5) is 0 Å². The number of hydrogen-bond donors (Lipinski definition) is 0. The maximum absolute atomic E-state index is 5.86. The van der Waals surface area contributed by atoms with Gasteiger partial charge in [-0.1, -0.05) is 35.0 Å². The lowest BCUT2D eigenvalue weighted by Gasteiger charge is -2.02. The summed E-state index contributed by atoms with van der Waals surface area (Å²) in [5.74, 6) is 1.34. The number of aromatic nitrogens is 3. The molecular formula is C11H9Cl2N3S. The molecule has 3 nitrogen and oxygen atoms in total. The lowest BCUT2D eigenvalue weighted by Crippen LogP contribution is -1.95. The van der Waals surface area contributed by atoms with Gasteiger partial charge in [-0.15, -0.1) is 0 Å². The van der Waals surface area contributed by atoms with Gasteiger partial charge in [-0.05, 0) is 25.1 Å². The first kappa shape index (κ1) is 12.6. The summed E-state index contributed by atoms with van der Waals surface area (Å²) in [5, 5.41) is 1.98. The van der Waals surface area contributed by atoms with E-state index in [1.807, 2.05) is 13.0 Å². The predicted octanol–water partition coefficient (Wildman–Crippen LogP) is 3.78. The Morgan fingerprint density at radius 3 is 2.71 bits per heavy atom. The van der Waals surface area contributed by atoms with Gasteiger partial charge >= 0.3 is 0 Å². The van der Waals surface area contributed by atoms with E-state index in [1.54, 1.807) is 30.1 Å². The maximum Gasteiger partial charge on any atom is 0.140 e. The van der Waals surface area contributed by atoms with Gasteiger partial charge in [0.2, 0.25) is 0 Å². The predicted molar refractivity (Wildman–Crippen MR) is 70.6 cm³/mol. The molecule has 2 heterocycles. The molecule has 17 heavy (non-hydrogen) atoms. The Kier molecular flexibility index (Phi) is 4.20. The third-order valence-electron chi connectivity index (χ3n) is 1.92. The summed E-state index contributed by atoms with van der Waals surface area (Å²) in [5.41, 5.74) is 0.865. The van der Waals surface area contributed by atoms with E-state index in [2.05, 4.69) is 15.0 Å². The van der Waals surface area contributed by atoms with Crippen LogP contribution in [0.2, 0.25) is 10.2 Å². The van der Waals surface area contributed by atoms with Gasteiger partial charge in [0.25, 0.3) is 0 Å². The van der Waals surface area contributed by atoms with Gasteiger partial charge in [-0.25, -0.2) is 15.0 Å². The van der Waals surface area contributed by atoms with Gasteiger partial charge in [0.05, 0.1) is 15.8 Å². The zero-order valence-corrected chi connectivity index (χ0v) is 11.4. The van der Waals surface area contributed by atoms with Crippen LogP contribution in [0.25, 0.3) is 0 Å². The molecule has 0 aliphatic rings. The van der Waals surface area contributed by atoms with Crippen LogP contribution in [0.3, 0.4) is 0 Å². The average Bonchev–Trinajstić information content (AvgIpc) is 2.27. The Balaban J connectivity index is 2.04. The SMILES string of the molecule is Cc1cc(Cl)nc(CSc2ccc(Cl)cn2)n1. The summed E-state index contributed by atoms with van der Waals surface area (Å²) in [6, 6.07) is 5.40. The molecule has 0 saturated heterocycles. The molecule has 0 aliphatic heterocycles. The molecule has 0 atom stereocenters. The zero-order chi connectivity index (χ0) is 12.3. The highest BCUT2D eigenvalue weighted by Crippen LogP contribution is 2.21. The molecule has 0 radical (unpaired) electrons. The van der Waals surface area contributed by atoms with E-state index in [1.165, 1.54) is 0 Å². The van der Waals surface area contributed by atoms with E-state index >= 15 is 0 Å². The summed E-state index contributed by atoms with van der Waals surface area (Å²) in [7, 11) is 0. The maximum atomic E-state index is 5.86. The Hall–Kier alpha value is -0.840. The summed E-state index contributed by atoms with van der Waals surface area (Å²) in [4.78, 5) is 12.6. The zero-order valence-electron chi connectivity index (χ0n) is 9.02. The minimum atomic E-state index is 0.470. The van der Waals surface area contributed by atoms with Crippen molar-refractivity contribution in [2.45, 2.75) is 17.7 Å². The molecule has 0 fully saturated rings. The van der Waals surface area contributed by atoms with Gasteiger partial charge in [0.1, 0.15) is 11.0 Å². The minimum absolute atomic E-state index is 0.470.